The summed E-state index contributed by atoms with van der Waals surface area (Å²) >= 11 is 0.789. The third-order valence-corrected chi connectivity index (χ3v) is 6.74. The Morgan fingerprint density at radius 1 is 1.40 bits per heavy atom. The Morgan fingerprint density at radius 2 is 2.12 bits per heavy atom. The molecule has 25 heavy (non-hydrogen) atoms. The molecule has 1 aromatic rings. The highest BCUT2D eigenvalue weighted by atomic mass is 32.3. The number of amides is 1. The lowest BCUT2D eigenvalue weighted by Crippen LogP contribution is -2.35. The van der Waals surface area contributed by atoms with Gasteiger partial charge >= 0.3 is 0 Å². The first kappa shape index (κ1) is 17.6. The Bertz CT molecular complexity index is 954. The van der Waals surface area contributed by atoms with Crippen molar-refractivity contribution in [2.45, 2.75) is 20.8 Å². The average molecular weight is 380 g/mol. The lowest BCUT2D eigenvalue weighted by molar-refractivity contribution is -0.114. The highest BCUT2D eigenvalue weighted by molar-refractivity contribution is 8.42. The van der Waals surface area contributed by atoms with E-state index in [2.05, 4.69) is 10.1 Å². The molecule has 0 unspecified atom stereocenters. The second kappa shape index (κ2) is 6.26. The van der Waals surface area contributed by atoms with Crippen LogP contribution in [0.4, 0.5) is 0 Å². The average Bonchev–Trinajstić information content (AvgIpc) is 3.09. The van der Waals surface area contributed by atoms with Gasteiger partial charge in [-0.1, -0.05) is 13.8 Å². The molecule has 1 N–H and O–H groups in total. The molecule has 3 rings (SSSR count). The van der Waals surface area contributed by atoms with E-state index in [0.717, 1.165) is 16.8 Å². The van der Waals surface area contributed by atoms with Gasteiger partial charge in [0.05, 0.1) is 11.3 Å². The van der Waals surface area contributed by atoms with Gasteiger partial charge in [0, 0.05) is 0 Å². The molecular formula is C15H16N4O4S2. The van der Waals surface area contributed by atoms with Gasteiger partial charge in [0.25, 0.3) is 5.91 Å². The van der Waals surface area contributed by atoms with Gasteiger partial charge in [0.1, 0.15) is 11.5 Å². The summed E-state index contributed by atoms with van der Waals surface area (Å²) in [5.41, 5.74) is -0.00930. The highest BCUT2D eigenvalue weighted by Gasteiger charge is 2.39. The normalized spacial score (nSPS) is 19.5. The molecule has 2 aliphatic rings. The molecule has 0 fully saturated rings. The minimum Gasteiger partial charge on any atom is -0.462 e. The van der Waals surface area contributed by atoms with E-state index < -0.39 is 15.7 Å². The minimum absolute atomic E-state index is 0.00930. The van der Waals surface area contributed by atoms with Crippen LogP contribution < -0.4 is 0 Å². The number of aryl methyl sites for hydroxylation is 1. The van der Waals surface area contributed by atoms with Crippen LogP contribution in [0.15, 0.2) is 32.2 Å². The molecule has 0 atom stereocenters. The number of aliphatic imine (C=N–C) groups is 1. The summed E-state index contributed by atoms with van der Waals surface area (Å²) in [5, 5.41) is 13.3. The third kappa shape index (κ3) is 3.45. The number of amidine groups is 2. The predicted molar refractivity (Wildman–Crippen MR) is 97.1 cm³/mol. The summed E-state index contributed by atoms with van der Waals surface area (Å²) in [5.74, 6) is 0.0964. The first-order chi connectivity index (χ1) is 11.7. The molecule has 2 aliphatic heterocycles. The van der Waals surface area contributed by atoms with E-state index >= 15 is 0 Å². The zero-order valence-corrected chi connectivity index (χ0v) is 15.4. The van der Waals surface area contributed by atoms with Crippen LogP contribution >= 0.6 is 11.8 Å². The molecule has 8 nitrogen and oxygen atoms in total. The van der Waals surface area contributed by atoms with Gasteiger partial charge in [0.15, 0.2) is 5.84 Å². The van der Waals surface area contributed by atoms with E-state index in [1.807, 2.05) is 0 Å². The van der Waals surface area contributed by atoms with Crippen molar-refractivity contribution >= 4 is 49.0 Å². The molecule has 1 amide bonds. The number of sulfone groups is 1. The Kier molecular flexibility index (Phi) is 4.41. The summed E-state index contributed by atoms with van der Waals surface area (Å²) in [7, 11) is -3.59. The molecule has 0 aliphatic carbocycles. The summed E-state index contributed by atoms with van der Waals surface area (Å²) in [6.07, 6.45) is 1.40. The van der Waals surface area contributed by atoms with Crippen molar-refractivity contribution < 1.29 is 17.6 Å². The van der Waals surface area contributed by atoms with Crippen molar-refractivity contribution in [3.05, 3.63) is 29.2 Å². The van der Waals surface area contributed by atoms with Crippen LogP contribution in [0.1, 0.15) is 25.4 Å². The summed E-state index contributed by atoms with van der Waals surface area (Å²) in [4.78, 5) is 16.1. The maximum absolute atomic E-state index is 12.3. The van der Waals surface area contributed by atoms with Crippen LogP contribution in [0, 0.1) is 18.3 Å². The Morgan fingerprint density at radius 3 is 2.72 bits per heavy atom. The van der Waals surface area contributed by atoms with Gasteiger partial charge in [-0.05, 0) is 42.8 Å². The molecule has 0 spiro atoms. The quantitative estimate of drug-likeness (QED) is 0.804. The number of carbonyl (C=O) groups is 1. The van der Waals surface area contributed by atoms with Gasteiger partial charge in [-0.2, -0.15) is 10.0 Å². The smallest absolute Gasteiger partial charge is 0.283 e. The predicted octanol–water partition coefficient (Wildman–Crippen LogP) is 2.24. The van der Waals surface area contributed by atoms with Crippen LogP contribution in [0.5, 0.6) is 0 Å². The SMILES string of the molecule is Cc1ccc(/C=C2/C(=N)N3N=C(S(=O)(=O)CC(C)C)SC3=NC2=O)o1. The second-order valence-electron chi connectivity index (χ2n) is 6.01. The van der Waals surface area contributed by atoms with Crippen LogP contribution in [0.2, 0.25) is 0 Å². The Balaban J connectivity index is 1.95. The number of fused-ring (bicyclic) bond motifs is 1. The van der Waals surface area contributed by atoms with Crippen LogP contribution in [0.25, 0.3) is 6.08 Å². The van der Waals surface area contributed by atoms with Gasteiger partial charge in [0.2, 0.25) is 19.4 Å². The molecule has 0 saturated carbocycles. The largest absolute Gasteiger partial charge is 0.462 e. The third-order valence-electron chi connectivity index (χ3n) is 3.30. The maximum Gasteiger partial charge on any atom is 0.283 e. The van der Waals surface area contributed by atoms with Gasteiger partial charge in [-0.25, -0.2) is 8.42 Å². The zero-order valence-electron chi connectivity index (χ0n) is 13.8. The fraction of sp³-hybridized carbons (Fsp3) is 0.333. The summed E-state index contributed by atoms with van der Waals surface area (Å²) in [6, 6.07) is 3.40. The second-order valence-corrected chi connectivity index (χ2v) is 9.17. The van der Waals surface area contributed by atoms with Crippen LogP contribution in [-0.4, -0.2) is 40.5 Å². The molecule has 0 radical (unpaired) electrons. The van der Waals surface area contributed by atoms with Crippen molar-refractivity contribution in [2.75, 3.05) is 5.75 Å². The molecule has 1 aromatic heterocycles. The van der Waals surface area contributed by atoms with Crippen LogP contribution in [-0.2, 0) is 14.6 Å². The molecule has 0 bridgehead atoms. The van der Waals surface area contributed by atoms with E-state index in [9.17, 15) is 13.2 Å². The number of hydrogen-bond acceptors (Lipinski definition) is 7. The molecule has 0 saturated heterocycles. The van der Waals surface area contributed by atoms with E-state index in [1.54, 1.807) is 32.9 Å². The number of carbonyl (C=O) groups excluding carboxylic acids is 1. The number of hydrazone groups is 1. The van der Waals surface area contributed by atoms with E-state index in [0.29, 0.717) is 11.5 Å². The Hall–Kier alpha value is -2.20. The zero-order chi connectivity index (χ0) is 18.4. The van der Waals surface area contributed by atoms with Crippen molar-refractivity contribution in [3.63, 3.8) is 0 Å². The fourth-order valence-electron chi connectivity index (χ4n) is 2.28. The lowest BCUT2D eigenvalue weighted by atomic mass is 10.1. The minimum atomic E-state index is -3.59. The summed E-state index contributed by atoms with van der Waals surface area (Å²) in [6.45, 7) is 5.35. The number of thioether (sulfide) groups is 1. The van der Waals surface area contributed by atoms with Gasteiger partial charge in [-0.15, -0.1) is 5.10 Å². The van der Waals surface area contributed by atoms with Crippen LogP contribution in [0.3, 0.4) is 0 Å². The standard InChI is InChI=1S/C15H16N4O4S2/c1-8(2)7-25(21,22)15-18-19-12(16)11(13(20)17-14(19)24-15)6-10-5-4-9(3)23-10/h4-6,8,16H,7H2,1-3H3/b11-6-,16-12?. The van der Waals surface area contributed by atoms with Crippen molar-refractivity contribution in [1.29, 1.82) is 5.41 Å². The van der Waals surface area contributed by atoms with Crippen molar-refractivity contribution in [1.82, 2.24) is 5.01 Å². The lowest BCUT2D eigenvalue weighted by Gasteiger charge is -2.19. The molecule has 132 valence electrons. The van der Waals surface area contributed by atoms with Gasteiger partial charge < -0.3 is 4.42 Å². The van der Waals surface area contributed by atoms with E-state index in [4.69, 9.17) is 9.83 Å². The number of rotatable bonds is 3. The number of hydrogen-bond donors (Lipinski definition) is 1. The fourth-order valence-corrected chi connectivity index (χ4v) is 5.07. The Labute approximate surface area is 149 Å². The number of nitrogens with one attached hydrogen (secondary N) is 1. The summed E-state index contributed by atoms with van der Waals surface area (Å²) < 4.78 is 29.9. The number of nitrogens with zero attached hydrogens (tertiary/aromatic N) is 3. The highest BCUT2D eigenvalue weighted by Crippen LogP contribution is 2.31. The molecular weight excluding hydrogens is 364 g/mol. The first-order valence-electron chi connectivity index (χ1n) is 7.47. The first-order valence-corrected chi connectivity index (χ1v) is 9.93. The molecule has 10 heteroatoms. The van der Waals surface area contributed by atoms with Crippen molar-refractivity contribution in [3.8, 4) is 0 Å². The monoisotopic (exact) mass is 380 g/mol. The molecule has 0 aromatic carbocycles. The maximum atomic E-state index is 12.3. The number of furan rings is 1. The molecule has 3 heterocycles. The van der Waals surface area contributed by atoms with E-state index in [1.165, 1.54) is 6.08 Å². The van der Waals surface area contributed by atoms with Gasteiger partial charge in [-0.3, -0.25) is 10.2 Å². The topological polar surface area (TPSA) is 116 Å². The van der Waals surface area contributed by atoms with E-state index in [-0.39, 0.29) is 32.6 Å². The van der Waals surface area contributed by atoms with Crippen molar-refractivity contribution in [2.24, 2.45) is 16.0 Å².